The van der Waals surface area contributed by atoms with E-state index in [9.17, 15) is 14.7 Å². The molecule has 0 bridgehead atoms. The number of pyridine rings is 2. The van der Waals surface area contributed by atoms with Gasteiger partial charge in [-0.05, 0) is 53.6 Å². The summed E-state index contributed by atoms with van der Waals surface area (Å²) in [6.45, 7) is 2.18. The standard InChI is InChI=1S/C26H24N4O4/c1-18(31)28-25-11-10-21-9-8-20(14-24(21)29-25)17-34-23-7-4-5-19(13-23)15-30(26(32)33)16-22-6-2-3-12-27-22/h2-14H,15-17H2,1H3,(H,32,33)(H,28,29,31). The third-order valence-corrected chi connectivity index (χ3v) is 5.09. The van der Waals surface area contributed by atoms with Crippen molar-refractivity contribution in [3.8, 4) is 5.75 Å². The number of anilines is 1. The molecule has 2 heterocycles. The second kappa shape index (κ2) is 10.4. The Morgan fingerprint density at radius 3 is 2.59 bits per heavy atom. The van der Waals surface area contributed by atoms with E-state index in [-0.39, 0.29) is 19.0 Å². The highest BCUT2D eigenvalue weighted by Gasteiger charge is 2.14. The minimum Gasteiger partial charge on any atom is -0.489 e. The zero-order valence-corrected chi connectivity index (χ0v) is 18.6. The number of rotatable bonds is 8. The van der Waals surface area contributed by atoms with Crippen molar-refractivity contribution in [2.75, 3.05) is 5.32 Å². The molecule has 0 saturated heterocycles. The van der Waals surface area contributed by atoms with Crippen LogP contribution >= 0.6 is 0 Å². The highest BCUT2D eigenvalue weighted by atomic mass is 16.5. The molecule has 4 aromatic rings. The van der Waals surface area contributed by atoms with Gasteiger partial charge >= 0.3 is 6.09 Å². The van der Waals surface area contributed by atoms with Crippen LogP contribution in [0.1, 0.15) is 23.7 Å². The van der Waals surface area contributed by atoms with Gasteiger partial charge in [0.05, 0.1) is 17.8 Å². The average Bonchev–Trinajstić information content (AvgIpc) is 2.82. The topological polar surface area (TPSA) is 105 Å². The van der Waals surface area contributed by atoms with Crippen molar-refractivity contribution in [1.82, 2.24) is 14.9 Å². The predicted octanol–water partition coefficient (Wildman–Crippen LogP) is 4.85. The first-order chi connectivity index (χ1) is 16.5. The summed E-state index contributed by atoms with van der Waals surface area (Å²) in [7, 11) is 0. The SMILES string of the molecule is CC(=O)Nc1ccc2ccc(COc3cccc(CN(Cc4ccccn4)C(=O)O)c3)cc2n1. The minimum absolute atomic E-state index is 0.173. The molecule has 0 unspecified atom stereocenters. The number of carbonyl (C=O) groups is 2. The first kappa shape index (κ1) is 22.7. The van der Waals surface area contributed by atoms with Gasteiger partial charge in [0.1, 0.15) is 18.2 Å². The van der Waals surface area contributed by atoms with E-state index in [4.69, 9.17) is 4.74 Å². The van der Waals surface area contributed by atoms with Crippen LogP contribution in [-0.4, -0.2) is 32.0 Å². The van der Waals surface area contributed by atoms with Gasteiger partial charge in [-0.15, -0.1) is 0 Å². The number of carbonyl (C=O) groups excluding carboxylic acids is 1. The molecule has 2 N–H and O–H groups in total. The van der Waals surface area contributed by atoms with E-state index in [1.54, 1.807) is 24.4 Å². The van der Waals surface area contributed by atoms with E-state index >= 15 is 0 Å². The molecule has 4 rings (SSSR count). The number of benzene rings is 2. The second-order valence-corrected chi connectivity index (χ2v) is 7.80. The van der Waals surface area contributed by atoms with Gasteiger partial charge in [0.25, 0.3) is 0 Å². The van der Waals surface area contributed by atoms with Gasteiger partial charge in [-0.3, -0.25) is 14.7 Å². The summed E-state index contributed by atoms with van der Waals surface area (Å²) >= 11 is 0. The van der Waals surface area contributed by atoms with Crippen LogP contribution in [0, 0.1) is 0 Å². The third kappa shape index (κ3) is 6.07. The predicted molar refractivity (Wildman–Crippen MR) is 128 cm³/mol. The lowest BCUT2D eigenvalue weighted by Gasteiger charge is -2.19. The van der Waals surface area contributed by atoms with E-state index in [2.05, 4.69) is 15.3 Å². The Labute approximate surface area is 196 Å². The third-order valence-electron chi connectivity index (χ3n) is 5.09. The monoisotopic (exact) mass is 456 g/mol. The minimum atomic E-state index is -1.01. The van der Waals surface area contributed by atoms with E-state index in [1.807, 2.05) is 54.6 Å². The number of hydrogen-bond acceptors (Lipinski definition) is 5. The molecule has 0 atom stereocenters. The summed E-state index contributed by atoms with van der Waals surface area (Å²) in [6.07, 6.45) is 0.631. The number of amides is 2. The molecule has 34 heavy (non-hydrogen) atoms. The van der Waals surface area contributed by atoms with Crippen LogP contribution in [0.5, 0.6) is 5.75 Å². The Morgan fingerprint density at radius 2 is 1.82 bits per heavy atom. The summed E-state index contributed by atoms with van der Waals surface area (Å²) < 4.78 is 5.96. The van der Waals surface area contributed by atoms with Crippen molar-refractivity contribution in [1.29, 1.82) is 0 Å². The largest absolute Gasteiger partial charge is 0.489 e. The zero-order valence-electron chi connectivity index (χ0n) is 18.6. The average molecular weight is 457 g/mol. The van der Waals surface area contributed by atoms with Gasteiger partial charge in [0.2, 0.25) is 5.91 Å². The molecule has 8 heteroatoms. The Kier molecular flexibility index (Phi) is 6.98. The molecule has 2 amide bonds. The van der Waals surface area contributed by atoms with Crippen molar-refractivity contribution in [2.24, 2.45) is 0 Å². The van der Waals surface area contributed by atoms with Gasteiger partial charge in [0, 0.05) is 25.1 Å². The molecular formula is C26H24N4O4. The van der Waals surface area contributed by atoms with Gasteiger partial charge < -0.3 is 15.2 Å². The normalized spacial score (nSPS) is 10.6. The highest BCUT2D eigenvalue weighted by molar-refractivity contribution is 5.89. The van der Waals surface area contributed by atoms with Crippen LogP contribution in [0.4, 0.5) is 10.6 Å². The molecule has 0 fully saturated rings. The molecule has 8 nitrogen and oxygen atoms in total. The maximum Gasteiger partial charge on any atom is 0.407 e. The van der Waals surface area contributed by atoms with E-state index < -0.39 is 6.09 Å². The van der Waals surface area contributed by atoms with Gasteiger partial charge in [-0.1, -0.05) is 30.3 Å². The number of hydrogen-bond donors (Lipinski definition) is 2. The fourth-order valence-corrected chi connectivity index (χ4v) is 3.50. The molecule has 2 aromatic carbocycles. The highest BCUT2D eigenvalue weighted by Crippen LogP contribution is 2.20. The van der Waals surface area contributed by atoms with Crippen LogP contribution in [-0.2, 0) is 24.5 Å². The molecule has 0 radical (unpaired) electrons. The van der Waals surface area contributed by atoms with Crippen LogP contribution in [0.3, 0.4) is 0 Å². The Bertz CT molecular complexity index is 1310. The first-order valence-corrected chi connectivity index (χ1v) is 10.7. The van der Waals surface area contributed by atoms with Crippen LogP contribution in [0.2, 0.25) is 0 Å². The Morgan fingerprint density at radius 1 is 0.971 bits per heavy atom. The summed E-state index contributed by atoms with van der Waals surface area (Å²) in [4.78, 5) is 33.0. The summed E-state index contributed by atoms with van der Waals surface area (Å²) in [5, 5.41) is 13.3. The molecule has 0 aliphatic carbocycles. The molecule has 0 spiro atoms. The van der Waals surface area contributed by atoms with E-state index in [0.717, 1.165) is 22.0 Å². The first-order valence-electron chi connectivity index (χ1n) is 10.7. The van der Waals surface area contributed by atoms with E-state index in [1.165, 1.54) is 11.8 Å². The molecule has 2 aromatic heterocycles. The maximum atomic E-state index is 11.7. The summed E-state index contributed by atoms with van der Waals surface area (Å²) in [5.74, 6) is 0.966. The number of ether oxygens (including phenoxy) is 1. The second-order valence-electron chi connectivity index (χ2n) is 7.80. The van der Waals surface area contributed by atoms with Crippen LogP contribution in [0.25, 0.3) is 10.9 Å². The van der Waals surface area contributed by atoms with E-state index in [0.29, 0.717) is 23.9 Å². The maximum absolute atomic E-state index is 11.7. The van der Waals surface area contributed by atoms with Crippen molar-refractivity contribution in [2.45, 2.75) is 26.6 Å². The number of carboxylic acid groups (broad SMARTS) is 1. The zero-order chi connectivity index (χ0) is 23.9. The lowest BCUT2D eigenvalue weighted by molar-refractivity contribution is -0.114. The fourth-order valence-electron chi connectivity index (χ4n) is 3.50. The number of nitrogens with zero attached hydrogens (tertiary/aromatic N) is 3. The van der Waals surface area contributed by atoms with Crippen molar-refractivity contribution >= 4 is 28.7 Å². The smallest absolute Gasteiger partial charge is 0.407 e. The lowest BCUT2D eigenvalue weighted by atomic mass is 10.1. The molecule has 172 valence electrons. The fraction of sp³-hybridized carbons (Fsp3) is 0.154. The Balaban J connectivity index is 1.43. The van der Waals surface area contributed by atoms with Crippen LogP contribution < -0.4 is 10.1 Å². The summed E-state index contributed by atoms with van der Waals surface area (Å²) in [5.41, 5.74) is 3.18. The van der Waals surface area contributed by atoms with Crippen LogP contribution in [0.15, 0.2) is 79.0 Å². The molecule has 0 saturated carbocycles. The molecule has 0 aliphatic rings. The van der Waals surface area contributed by atoms with Crippen molar-refractivity contribution < 1.29 is 19.4 Å². The quantitative estimate of drug-likeness (QED) is 0.393. The molecular weight excluding hydrogens is 432 g/mol. The molecule has 0 aliphatic heterocycles. The van der Waals surface area contributed by atoms with Gasteiger partial charge in [-0.2, -0.15) is 0 Å². The Hall–Kier alpha value is -4.46. The number of nitrogens with one attached hydrogen (secondary N) is 1. The lowest BCUT2D eigenvalue weighted by Crippen LogP contribution is -2.28. The number of fused-ring (bicyclic) bond motifs is 1. The number of aromatic nitrogens is 2. The van der Waals surface area contributed by atoms with Crippen molar-refractivity contribution in [3.05, 3.63) is 95.8 Å². The van der Waals surface area contributed by atoms with Crippen molar-refractivity contribution in [3.63, 3.8) is 0 Å². The summed E-state index contributed by atoms with van der Waals surface area (Å²) in [6, 6.07) is 22.3. The van der Waals surface area contributed by atoms with Gasteiger partial charge in [-0.25, -0.2) is 9.78 Å². The van der Waals surface area contributed by atoms with Gasteiger partial charge in [0.15, 0.2) is 0 Å².